The van der Waals surface area contributed by atoms with Crippen molar-refractivity contribution in [1.29, 1.82) is 0 Å². The average Bonchev–Trinajstić information content (AvgIpc) is 1.60. The van der Waals surface area contributed by atoms with Crippen molar-refractivity contribution in [2.75, 3.05) is 0 Å². The summed E-state index contributed by atoms with van der Waals surface area (Å²) in [6.45, 7) is 7.81. The Labute approximate surface area is 63.5 Å². The number of hydrogen-bond donors (Lipinski definition) is 1. The maximum Gasteiger partial charge on any atom is 0.194 e. The van der Waals surface area contributed by atoms with Crippen LogP contribution in [0.2, 0.25) is 0 Å². The second-order valence-corrected chi connectivity index (χ2v) is 5.75. The Morgan fingerprint density at radius 2 is 1.90 bits per heavy atom. The van der Waals surface area contributed by atoms with Gasteiger partial charge in [0.1, 0.15) is 0 Å². The molecule has 1 unspecified atom stereocenters. The molecule has 0 aromatic carbocycles. The minimum absolute atomic E-state index is 0.376. The summed E-state index contributed by atoms with van der Waals surface area (Å²) < 4.78 is 10.7. The first kappa shape index (κ1) is 10.2. The van der Waals surface area contributed by atoms with E-state index in [0.717, 1.165) is 6.42 Å². The Morgan fingerprint density at radius 1 is 1.50 bits per heavy atom. The van der Waals surface area contributed by atoms with Crippen molar-refractivity contribution in [3.8, 4) is 0 Å². The summed E-state index contributed by atoms with van der Waals surface area (Å²) in [6, 6.07) is 0. The molecule has 2 nitrogen and oxygen atoms in total. The van der Waals surface area contributed by atoms with Crippen molar-refractivity contribution in [3.63, 3.8) is 0 Å². The van der Waals surface area contributed by atoms with Crippen LogP contribution in [0.3, 0.4) is 0 Å². The van der Waals surface area contributed by atoms with Gasteiger partial charge in [-0.2, -0.15) is 0 Å². The van der Waals surface area contributed by atoms with Crippen LogP contribution in [0.4, 0.5) is 0 Å². The van der Waals surface area contributed by atoms with E-state index in [9.17, 15) is 4.57 Å². The molecule has 0 aromatic heterocycles. The molecule has 0 aliphatic rings. The van der Waals surface area contributed by atoms with Crippen LogP contribution in [0.15, 0.2) is 0 Å². The van der Waals surface area contributed by atoms with E-state index in [1.54, 1.807) is 0 Å². The minimum Gasteiger partial charge on any atom is -0.346 e. The summed E-state index contributed by atoms with van der Waals surface area (Å²) in [5, 5.41) is -0.376. The lowest BCUT2D eigenvalue weighted by Gasteiger charge is -2.22. The van der Waals surface area contributed by atoms with Crippen molar-refractivity contribution >= 4 is 8.03 Å². The highest BCUT2D eigenvalue weighted by molar-refractivity contribution is 7.39. The van der Waals surface area contributed by atoms with Crippen LogP contribution in [0.1, 0.15) is 34.1 Å². The van der Waals surface area contributed by atoms with E-state index < -0.39 is 8.03 Å². The average molecular weight is 164 g/mol. The quantitative estimate of drug-likeness (QED) is 0.650. The first-order valence-corrected chi connectivity index (χ1v) is 4.95. The summed E-state index contributed by atoms with van der Waals surface area (Å²) in [5.41, 5.74) is 0. The molecule has 0 aromatic rings. The molecule has 0 spiro atoms. The van der Waals surface area contributed by atoms with E-state index in [0.29, 0.717) is 5.92 Å². The molecule has 0 radical (unpaired) electrons. The Kier molecular flexibility index (Phi) is 3.61. The fourth-order valence-corrected chi connectivity index (χ4v) is 1.69. The maximum absolute atomic E-state index is 10.7. The first-order chi connectivity index (χ1) is 4.36. The van der Waals surface area contributed by atoms with Crippen molar-refractivity contribution in [2.24, 2.45) is 5.92 Å². The number of hydrogen-bond acceptors (Lipinski definition) is 1. The molecule has 0 saturated carbocycles. The van der Waals surface area contributed by atoms with Crippen LogP contribution < -0.4 is 0 Å². The van der Waals surface area contributed by atoms with E-state index in [-0.39, 0.29) is 5.16 Å². The lowest BCUT2D eigenvalue weighted by molar-refractivity contribution is 0.421. The van der Waals surface area contributed by atoms with Crippen LogP contribution >= 0.6 is 8.03 Å². The first-order valence-electron chi connectivity index (χ1n) is 3.59. The van der Waals surface area contributed by atoms with Gasteiger partial charge in [-0.15, -0.1) is 0 Å². The Hall–Kier alpha value is 0.190. The van der Waals surface area contributed by atoms with Gasteiger partial charge in [0.25, 0.3) is 0 Å². The third kappa shape index (κ3) is 3.38. The van der Waals surface area contributed by atoms with Gasteiger partial charge in [0.05, 0.1) is 0 Å². The smallest absolute Gasteiger partial charge is 0.194 e. The molecule has 62 valence electrons. The summed E-state index contributed by atoms with van der Waals surface area (Å²) in [7, 11) is -2.36. The largest absolute Gasteiger partial charge is 0.346 e. The Balaban J connectivity index is 4.00. The van der Waals surface area contributed by atoms with Gasteiger partial charge in [-0.1, -0.05) is 27.7 Å². The molecule has 10 heavy (non-hydrogen) atoms. The number of rotatable bonds is 3. The van der Waals surface area contributed by atoms with Crippen LogP contribution in [0.25, 0.3) is 0 Å². The van der Waals surface area contributed by atoms with Crippen molar-refractivity contribution in [1.82, 2.24) is 0 Å². The van der Waals surface area contributed by atoms with E-state index in [4.69, 9.17) is 4.89 Å². The molecule has 0 aliphatic carbocycles. The Morgan fingerprint density at radius 3 is 2.00 bits per heavy atom. The zero-order chi connectivity index (χ0) is 8.36. The molecule has 0 heterocycles. The zero-order valence-electron chi connectivity index (χ0n) is 7.14. The van der Waals surface area contributed by atoms with Gasteiger partial charge in [-0.05, 0) is 12.3 Å². The van der Waals surface area contributed by atoms with Gasteiger partial charge in [-0.25, -0.2) is 0 Å². The normalized spacial score (nSPS) is 15.8. The monoisotopic (exact) mass is 164 g/mol. The molecule has 0 rings (SSSR count). The van der Waals surface area contributed by atoms with Gasteiger partial charge >= 0.3 is 0 Å². The lowest BCUT2D eigenvalue weighted by Crippen LogP contribution is -2.16. The van der Waals surface area contributed by atoms with Gasteiger partial charge in [0.2, 0.25) is 0 Å². The Bertz CT molecular complexity index is 130. The summed E-state index contributed by atoms with van der Waals surface area (Å²) in [6.07, 6.45) is 0.821. The summed E-state index contributed by atoms with van der Waals surface area (Å²) in [5.74, 6) is 0.496. The third-order valence-corrected chi connectivity index (χ3v) is 2.86. The third-order valence-electron chi connectivity index (χ3n) is 1.50. The molecular formula is C7H17O2P. The maximum atomic E-state index is 10.7. The molecule has 3 heteroatoms. The molecule has 0 saturated heterocycles. The fraction of sp³-hybridized carbons (Fsp3) is 1.00. The lowest BCUT2D eigenvalue weighted by atomic mass is 10.00. The van der Waals surface area contributed by atoms with Gasteiger partial charge in [0.15, 0.2) is 8.03 Å². The fourth-order valence-electron chi connectivity index (χ4n) is 1.11. The molecule has 0 bridgehead atoms. The van der Waals surface area contributed by atoms with Crippen molar-refractivity contribution in [2.45, 2.75) is 39.3 Å². The molecule has 1 N–H and O–H groups in total. The predicted octanol–water partition coefficient (Wildman–Crippen LogP) is 2.28. The highest BCUT2D eigenvalue weighted by Crippen LogP contribution is 2.39. The minimum atomic E-state index is -2.36. The van der Waals surface area contributed by atoms with Crippen LogP contribution in [0, 0.1) is 5.92 Å². The van der Waals surface area contributed by atoms with Crippen LogP contribution in [0.5, 0.6) is 0 Å². The molecule has 0 fully saturated rings. The molecular weight excluding hydrogens is 147 g/mol. The van der Waals surface area contributed by atoms with Crippen molar-refractivity contribution in [3.05, 3.63) is 0 Å². The van der Waals surface area contributed by atoms with Gasteiger partial charge in [0, 0.05) is 5.16 Å². The van der Waals surface area contributed by atoms with Crippen molar-refractivity contribution < 1.29 is 9.46 Å². The molecule has 0 aliphatic heterocycles. The van der Waals surface area contributed by atoms with Gasteiger partial charge < -0.3 is 4.89 Å². The highest BCUT2D eigenvalue weighted by atomic mass is 31.1. The second-order valence-electron chi connectivity index (χ2n) is 3.79. The topological polar surface area (TPSA) is 37.3 Å². The van der Waals surface area contributed by atoms with E-state index in [2.05, 4.69) is 13.8 Å². The van der Waals surface area contributed by atoms with E-state index in [1.165, 1.54) is 0 Å². The molecule has 0 amide bonds. The summed E-state index contributed by atoms with van der Waals surface area (Å²) in [4.78, 5) is 8.88. The van der Waals surface area contributed by atoms with E-state index >= 15 is 0 Å². The summed E-state index contributed by atoms with van der Waals surface area (Å²) >= 11 is 0. The second kappa shape index (κ2) is 3.54. The highest BCUT2D eigenvalue weighted by Gasteiger charge is 2.24. The standard InChI is InChI=1S/C7H17O2P/c1-6(2)5-7(3,4)10(8)9/h6,10H,5H2,1-4H3,(H,8,9). The zero-order valence-corrected chi connectivity index (χ0v) is 8.14. The molecule has 1 atom stereocenters. The van der Waals surface area contributed by atoms with Crippen LogP contribution in [-0.2, 0) is 4.57 Å². The van der Waals surface area contributed by atoms with E-state index in [1.807, 2.05) is 13.8 Å². The predicted molar refractivity (Wildman–Crippen MR) is 44.8 cm³/mol. The van der Waals surface area contributed by atoms with Crippen LogP contribution in [-0.4, -0.2) is 10.0 Å². The SMILES string of the molecule is CC(C)CC(C)(C)[PH](=O)O. The van der Waals surface area contributed by atoms with Gasteiger partial charge in [-0.3, -0.25) is 4.57 Å².